The highest BCUT2D eigenvalue weighted by Crippen LogP contribution is 2.44. The van der Waals surface area contributed by atoms with Gasteiger partial charge in [-0.3, -0.25) is 4.79 Å². The zero-order valence-electron chi connectivity index (χ0n) is 17.3. The van der Waals surface area contributed by atoms with Gasteiger partial charge in [-0.05, 0) is 29.2 Å². The number of carbonyl (C=O) groups is 1. The Morgan fingerprint density at radius 2 is 1.74 bits per heavy atom. The van der Waals surface area contributed by atoms with Gasteiger partial charge in [-0.25, -0.2) is 0 Å². The van der Waals surface area contributed by atoms with Crippen LogP contribution in [0.4, 0.5) is 0 Å². The fourth-order valence-electron chi connectivity index (χ4n) is 3.53. The Balaban J connectivity index is 1.57. The normalized spacial score (nSPS) is 14.0. The van der Waals surface area contributed by atoms with E-state index in [9.17, 15) is 15.0 Å². The fourth-order valence-corrected chi connectivity index (χ4v) is 3.53. The van der Waals surface area contributed by atoms with Gasteiger partial charge in [0.1, 0.15) is 22.8 Å². The van der Waals surface area contributed by atoms with Crippen molar-refractivity contribution in [2.45, 2.75) is 26.4 Å². The molecule has 0 saturated heterocycles. The van der Waals surface area contributed by atoms with E-state index in [4.69, 9.17) is 9.47 Å². The van der Waals surface area contributed by atoms with Gasteiger partial charge in [-0.2, -0.15) is 0 Å². The molecule has 5 heteroatoms. The second-order valence-corrected chi connectivity index (χ2v) is 7.49. The first-order valence-electron chi connectivity index (χ1n) is 10.3. The van der Waals surface area contributed by atoms with Crippen LogP contribution < -0.4 is 4.74 Å². The lowest BCUT2D eigenvalue weighted by Gasteiger charge is -2.10. The van der Waals surface area contributed by atoms with E-state index in [-0.39, 0.29) is 28.6 Å². The van der Waals surface area contributed by atoms with Crippen LogP contribution in [0.1, 0.15) is 46.0 Å². The molecular formula is C26H24O5. The molecule has 0 saturated carbocycles. The molecule has 1 aliphatic rings. The van der Waals surface area contributed by atoms with E-state index in [1.807, 2.05) is 54.6 Å². The summed E-state index contributed by atoms with van der Waals surface area (Å²) in [4.78, 5) is 12.9. The van der Waals surface area contributed by atoms with Gasteiger partial charge in [-0.15, -0.1) is 0 Å². The Hall–Kier alpha value is -3.57. The highest BCUT2D eigenvalue weighted by atomic mass is 16.5. The maximum Gasteiger partial charge on any atom is 0.235 e. The number of ether oxygens (including phenoxy) is 2. The predicted molar refractivity (Wildman–Crippen MR) is 118 cm³/mol. The number of hydrogen-bond donors (Lipinski definition) is 2. The van der Waals surface area contributed by atoms with Gasteiger partial charge >= 0.3 is 0 Å². The maximum atomic E-state index is 12.9. The molecule has 0 aromatic heterocycles. The number of aromatic hydroxyl groups is 2. The highest BCUT2D eigenvalue weighted by molar-refractivity contribution is 6.16. The van der Waals surface area contributed by atoms with Crippen molar-refractivity contribution in [1.82, 2.24) is 0 Å². The first-order valence-corrected chi connectivity index (χ1v) is 10.3. The van der Waals surface area contributed by atoms with Crippen molar-refractivity contribution < 1.29 is 24.5 Å². The van der Waals surface area contributed by atoms with Crippen LogP contribution in [0.2, 0.25) is 0 Å². The molecule has 0 spiro atoms. The van der Waals surface area contributed by atoms with E-state index in [0.29, 0.717) is 18.6 Å². The molecule has 0 radical (unpaired) electrons. The predicted octanol–water partition coefficient (Wildman–Crippen LogP) is 5.23. The van der Waals surface area contributed by atoms with Gasteiger partial charge < -0.3 is 19.7 Å². The minimum Gasteiger partial charge on any atom is -0.507 e. The maximum absolute atomic E-state index is 12.9. The van der Waals surface area contributed by atoms with E-state index in [1.54, 1.807) is 6.08 Å². The second kappa shape index (κ2) is 9.06. The SMILES string of the molecule is CCCOCc1ccc(/C=C2\Oc3cc(O)c(Cc4ccccc4)c(O)c3C2=O)cc1. The van der Waals surface area contributed by atoms with Crippen LogP contribution in [0, 0.1) is 0 Å². The lowest BCUT2D eigenvalue weighted by molar-refractivity contribution is 0.101. The molecule has 0 atom stereocenters. The van der Waals surface area contributed by atoms with Gasteiger partial charge in [-0.1, -0.05) is 61.5 Å². The number of ketones is 1. The molecule has 158 valence electrons. The summed E-state index contributed by atoms with van der Waals surface area (Å²) in [6, 6.07) is 18.5. The molecule has 5 nitrogen and oxygen atoms in total. The monoisotopic (exact) mass is 416 g/mol. The average Bonchev–Trinajstić information content (AvgIpc) is 3.08. The average molecular weight is 416 g/mol. The molecule has 0 bridgehead atoms. The Kier molecular flexibility index (Phi) is 6.05. The Labute approximate surface area is 181 Å². The van der Waals surface area contributed by atoms with Crippen LogP contribution in [0.5, 0.6) is 17.2 Å². The van der Waals surface area contributed by atoms with Crippen LogP contribution in [-0.2, 0) is 17.8 Å². The molecule has 3 aromatic carbocycles. The Morgan fingerprint density at radius 3 is 2.45 bits per heavy atom. The summed E-state index contributed by atoms with van der Waals surface area (Å²) in [7, 11) is 0. The smallest absolute Gasteiger partial charge is 0.235 e. The standard InChI is InChI=1S/C26H24O5/c1-2-12-30-16-19-10-8-18(9-11-19)14-23-26(29)24-22(31-23)15-21(27)20(25(24)28)13-17-6-4-3-5-7-17/h3-11,14-15,27-28H,2,12-13,16H2,1H3/b23-14-. The zero-order chi connectivity index (χ0) is 21.8. The number of phenols is 2. The lowest BCUT2D eigenvalue weighted by Crippen LogP contribution is -2.00. The minimum atomic E-state index is -0.405. The molecule has 0 aliphatic carbocycles. The van der Waals surface area contributed by atoms with Crippen molar-refractivity contribution in [3.8, 4) is 17.2 Å². The largest absolute Gasteiger partial charge is 0.507 e. The fraction of sp³-hybridized carbons (Fsp3) is 0.192. The van der Waals surface area contributed by atoms with E-state index < -0.39 is 5.78 Å². The molecule has 0 unspecified atom stereocenters. The summed E-state index contributed by atoms with van der Waals surface area (Å²) in [6.45, 7) is 3.33. The number of benzene rings is 3. The molecule has 31 heavy (non-hydrogen) atoms. The topological polar surface area (TPSA) is 76.0 Å². The van der Waals surface area contributed by atoms with Crippen molar-refractivity contribution in [3.05, 3.63) is 94.2 Å². The van der Waals surface area contributed by atoms with Gasteiger partial charge in [0.15, 0.2) is 5.76 Å². The molecule has 0 amide bonds. The molecule has 2 N–H and O–H groups in total. The van der Waals surface area contributed by atoms with Gasteiger partial charge in [0, 0.05) is 24.7 Å². The number of allylic oxidation sites excluding steroid dienone is 1. The third-order valence-electron chi connectivity index (χ3n) is 5.14. The quantitative estimate of drug-likeness (QED) is 0.407. The number of Topliss-reactive ketones (excluding diaryl/α,β-unsaturated/α-hetero) is 1. The van der Waals surface area contributed by atoms with Crippen LogP contribution in [0.3, 0.4) is 0 Å². The van der Waals surface area contributed by atoms with Gasteiger partial charge in [0.05, 0.1) is 6.61 Å². The summed E-state index contributed by atoms with van der Waals surface area (Å²) < 4.78 is 11.2. The first-order chi connectivity index (χ1) is 15.1. The molecule has 1 aliphatic heterocycles. The van der Waals surface area contributed by atoms with Crippen molar-refractivity contribution >= 4 is 11.9 Å². The number of carbonyl (C=O) groups excluding carboxylic acids is 1. The summed E-state index contributed by atoms with van der Waals surface area (Å²) in [6.07, 6.45) is 2.91. The molecular weight excluding hydrogens is 392 g/mol. The third kappa shape index (κ3) is 4.47. The number of fused-ring (bicyclic) bond motifs is 1. The van der Waals surface area contributed by atoms with Crippen molar-refractivity contribution in [2.75, 3.05) is 6.61 Å². The minimum absolute atomic E-state index is 0.0829. The molecule has 4 rings (SSSR count). The molecule has 3 aromatic rings. The summed E-state index contributed by atoms with van der Waals surface area (Å²) in [5.74, 6) is -0.484. The van der Waals surface area contributed by atoms with E-state index in [1.165, 1.54) is 6.07 Å². The van der Waals surface area contributed by atoms with Crippen molar-refractivity contribution in [1.29, 1.82) is 0 Å². The molecule has 0 fully saturated rings. The number of hydrogen-bond acceptors (Lipinski definition) is 5. The lowest BCUT2D eigenvalue weighted by atomic mass is 9.98. The van der Waals surface area contributed by atoms with E-state index in [2.05, 4.69) is 6.92 Å². The summed E-state index contributed by atoms with van der Waals surface area (Å²) >= 11 is 0. The second-order valence-electron chi connectivity index (χ2n) is 7.49. The summed E-state index contributed by atoms with van der Waals surface area (Å²) in [5.41, 5.74) is 3.15. The van der Waals surface area contributed by atoms with Crippen LogP contribution >= 0.6 is 0 Å². The van der Waals surface area contributed by atoms with Crippen molar-refractivity contribution in [2.24, 2.45) is 0 Å². The van der Waals surface area contributed by atoms with E-state index >= 15 is 0 Å². The Morgan fingerprint density at radius 1 is 1.00 bits per heavy atom. The number of phenolic OH excluding ortho intramolecular Hbond substituents is 2. The molecule has 1 heterocycles. The van der Waals surface area contributed by atoms with Crippen LogP contribution in [0.25, 0.3) is 6.08 Å². The van der Waals surface area contributed by atoms with Gasteiger partial charge in [0.25, 0.3) is 0 Å². The van der Waals surface area contributed by atoms with Crippen LogP contribution in [-0.4, -0.2) is 22.6 Å². The van der Waals surface area contributed by atoms with Gasteiger partial charge in [0.2, 0.25) is 5.78 Å². The Bertz CT molecular complexity index is 1110. The van der Waals surface area contributed by atoms with Crippen molar-refractivity contribution in [3.63, 3.8) is 0 Å². The highest BCUT2D eigenvalue weighted by Gasteiger charge is 2.33. The summed E-state index contributed by atoms with van der Waals surface area (Å²) in [5, 5.41) is 21.2. The number of rotatable bonds is 7. The zero-order valence-corrected chi connectivity index (χ0v) is 17.3. The van der Waals surface area contributed by atoms with E-state index in [0.717, 1.165) is 29.7 Å². The third-order valence-corrected chi connectivity index (χ3v) is 5.14. The first kappa shape index (κ1) is 20.7. The van der Waals surface area contributed by atoms with Crippen LogP contribution in [0.15, 0.2) is 66.4 Å².